The quantitative estimate of drug-likeness (QED) is 0.490. The van der Waals surface area contributed by atoms with Crippen molar-refractivity contribution in [3.63, 3.8) is 0 Å². The van der Waals surface area contributed by atoms with Crippen LogP contribution in [-0.4, -0.2) is 37.3 Å². The fraction of sp³-hybridized carbons (Fsp3) is 0.217. The highest BCUT2D eigenvalue weighted by Crippen LogP contribution is 2.30. The van der Waals surface area contributed by atoms with Gasteiger partial charge >= 0.3 is 0 Å². The van der Waals surface area contributed by atoms with Crippen LogP contribution in [0.1, 0.15) is 16.8 Å². The van der Waals surface area contributed by atoms with Crippen molar-refractivity contribution in [2.24, 2.45) is 7.05 Å². The number of fused-ring (bicyclic) bond motifs is 1. The Kier molecular flexibility index (Phi) is 5.01. The molecule has 0 radical (unpaired) electrons. The molecule has 5 rings (SSSR count). The molecule has 0 atom stereocenters. The normalized spacial score (nSPS) is 13.3. The summed E-state index contributed by atoms with van der Waals surface area (Å²) in [6.07, 6.45) is 0.828. The Hall–Kier alpha value is -3.88. The molecule has 0 N–H and O–H groups in total. The number of hydrogen-bond donors (Lipinski definition) is 0. The Morgan fingerprint density at radius 1 is 1.12 bits per heavy atom. The molecule has 4 aromatic rings. The number of carbonyl (C=O) groups is 1. The third-order valence-electron chi connectivity index (χ3n) is 5.58. The van der Waals surface area contributed by atoms with E-state index in [0.29, 0.717) is 30.8 Å². The van der Waals surface area contributed by atoms with E-state index in [-0.39, 0.29) is 35.7 Å². The summed E-state index contributed by atoms with van der Waals surface area (Å²) in [7, 11) is 1.84. The molecule has 2 aromatic carbocycles. The number of aromatic nitrogens is 4. The molecular formula is C23H19F2N5O2. The maximum Gasteiger partial charge on any atom is 0.279 e. The molecule has 3 heterocycles. The Morgan fingerprint density at radius 2 is 1.94 bits per heavy atom. The van der Waals surface area contributed by atoms with Crippen molar-refractivity contribution >= 4 is 5.91 Å². The minimum Gasteiger partial charge on any atom is -0.338 e. The van der Waals surface area contributed by atoms with Crippen LogP contribution in [0.5, 0.6) is 0 Å². The fourth-order valence-electron chi connectivity index (χ4n) is 3.93. The molecule has 0 fully saturated rings. The summed E-state index contributed by atoms with van der Waals surface area (Å²) in [5.74, 6) is -0.295. The lowest BCUT2D eigenvalue weighted by atomic mass is 10.0. The SMILES string of the molecule is Cn1nc(-c2nc(-c3cccc(F)c3)no2)c2c1CCN(C(=O)Cc1ccc(F)cc1)C2. The van der Waals surface area contributed by atoms with Gasteiger partial charge in [0.05, 0.1) is 6.42 Å². The predicted octanol–water partition coefficient (Wildman–Crippen LogP) is 3.54. The molecule has 32 heavy (non-hydrogen) atoms. The minimum atomic E-state index is -0.389. The number of nitrogens with zero attached hydrogens (tertiary/aromatic N) is 5. The average molecular weight is 435 g/mol. The Balaban J connectivity index is 1.40. The van der Waals surface area contributed by atoms with Gasteiger partial charge < -0.3 is 9.42 Å². The second-order valence-electron chi connectivity index (χ2n) is 7.70. The molecule has 1 aliphatic heterocycles. The van der Waals surface area contributed by atoms with E-state index < -0.39 is 0 Å². The molecule has 7 nitrogen and oxygen atoms in total. The van der Waals surface area contributed by atoms with E-state index in [0.717, 1.165) is 16.8 Å². The van der Waals surface area contributed by atoms with Gasteiger partial charge in [0.2, 0.25) is 11.7 Å². The number of benzene rings is 2. The standard InChI is InChI=1S/C23H19F2N5O2/c1-29-19-9-10-30(20(31)11-14-5-7-16(24)8-6-14)13-18(19)21(27-29)23-26-22(28-32-23)15-3-2-4-17(25)12-15/h2-8,12H,9-11,13H2,1H3. The highest BCUT2D eigenvalue weighted by molar-refractivity contribution is 5.79. The molecule has 0 aliphatic carbocycles. The van der Waals surface area contributed by atoms with Crippen molar-refractivity contribution in [2.45, 2.75) is 19.4 Å². The zero-order chi connectivity index (χ0) is 22.2. The molecule has 0 unspecified atom stereocenters. The molecule has 9 heteroatoms. The molecule has 162 valence electrons. The van der Waals surface area contributed by atoms with Gasteiger partial charge in [-0.3, -0.25) is 9.48 Å². The largest absolute Gasteiger partial charge is 0.338 e. The van der Waals surface area contributed by atoms with E-state index in [1.54, 1.807) is 33.8 Å². The highest BCUT2D eigenvalue weighted by Gasteiger charge is 2.29. The average Bonchev–Trinajstić information content (AvgIpc) is 3.40. The number of hydrogen-bond acceptors (Lipinski definition) is 5. The summed E-state index contributed by atoms with van der Waals surface area (Å²) in [5, 5.41) is 8.51. The summed E-state index contributed by atoms with van der Waals surface area (Å²) in [6.45, 7) is 0.917. The van der Waals surface area contributed by atoms with Crippen molar-refractivity contribution in [3.05, 3.63) is 77.0 Å². The van der Waals surface area contributed by atoms with Gasteiger partial charge in [-0.2, -0.15) is 10.1 Å². The summed E-state index contributed by atoms with van der Waals surface area (Å²) < 4.78 is 33.9. The van der Waals surface area contributed by atoms with Crippen LogP contribution in [0.25, 0.3) is 23.0 Å². The summed E-state index contributed by atoms with van der Waals surface area (Å²) in [6, 6.07) is 11.9. The molecule has 0 saturated carbocycles. The van der Waals surface area contributed by atoms with E-state index in [4.69, 9.17) is 4.52 Å². The maximum atomic E-state index is 13.5. The van der Waals surface area contributed by atoms with Crippen molar-refractivity contribution in [1.82, 2.24) is 24.8 Å². The lowest BCUT2D eigenvalue weighted by Crippen LogP contribution is -2.37. The van der Waals surface area contributed by atoms with Crippen LogP contribution in [0.3, 0.4) is 0 Å². The zero-order valence-corrected chi connectivity index (χ0v) is 17.3. The number of rotatable bonds is 4. The molecule has 2 aromatic heterocycles. The monoisotopic (exact) mass is 435 g/mol. The van der Waals surface area contributed by atoms with Gasteiger partial charge in [-0.05, 0) is 29.8 Å². The van der Waals surface area contributed by atoms with E-state index in [9.17, 15) is 13.6 Å². The van der Waals surface area contributed by atoms with E-state index in [1.165, 1.54) is 24.3 Å². The zero-order valence-electron chi connectivity index (χ0n) is 17.3. The smallest absolute Gasteiger partial charge is 0.279 e. The van der Waals surface area contributed by atoms with Crippen molar-refractivity contribution in [1.29, 1.82) is 0 Å². The van der Waals surface area contributed by atoms with Gasteiger partial charge in [0.15, 0.2) is 5.69 Å². The number of aryl methyl sites for hydroxylation is 1. The van der Waals surface area contributed by atoms with Crippen LogP contribution in [-0.2, 0) is 31.2 Å². The first-order valence-corrected chi connectivity index (χ1v) is 10.1. The van der Waals surface area contributed by atoms with Gasteiger partial charge in [-0.25, -0.2) is 8.78 Å². The van der Waals surface area contributed by atoms with Gasteiger partial charge in [-0.15, -0.1) is 0 Å². The van der Waals surface area contributed by atoms with Crippen molar-refractivity contribution in [2.75, 3.05) is 6.54 Å². The lowest BCUT2D eigenvalue weighted by molar-refractivity contribution is -0.131. The van der Waals surface area contributed by atoms with E-state index >= 15 is 0 Å². The number of halogens is 2. The predicted molar refractivity (Wildman–Crippen MR) is 111 cm³/mol. The van der Waals surface area contributed by atoms with E-state index in [2.05, 4.69) is 15.2 Å². The van der Waals surface area contributed by atoms with Gasteiger partial charge in [0.25, 0.3) is 5.89 Å². The summed E-state index contributed by atoms with van der Waals surface area (Å²) in [5.41, 5.74) is 3.61. The lowest BCUT2D eigenvalue weighted by Gasteiger charge is -2.27. The molecule has 0 bridgehead atoms. The van der Waals surface area contributed by atoms with Crippen LogP contribution >= 0.6 is 0 Å². The third kappa shape index (κ3) is 3.77. The van der Waals surface area contributed by atoms with Crippen LogP contribution < -0.4 is 0 Å². The Morgan fingerprint density at radius 3 is 2.72 bits per heavy atom. The van der Waals surface area contributed by atoms with Gasteiger partial charge in [0, 0.05) is 43.4 Å². The first kappa shape index (κ1) is 20.0. The molecular weight excluding hydrogens is 416 g/mol. The van der Waals surface area contributed by atoms with Crippen LogP contribution in [0.4, 0.5) is 8.78 Å². The second kappa shape index (κ2) is 7.99. The Bertz CT molecular complexity index is 1300. The van der Waals surface area contributed by atoms with Crippen molar-refractivity contribution in [3.8, 4) is 23.0 Å². The summed E-state index contributed by atoms with van der Waals surface area (Å²) in [4.78, 5) is 19.0. The van der Waals surface area contributed by atoms with Gasteiger partial charge in [-0.1, -0.05) is 29.4 Å². The molecule has 0 saturated heterocycles. The fourth-order valence-corrected chi connectivity index (χ4v) is 3.93. The van der Waals surface area contributed by atoms with E-state index in [1.807, 2.05) is 7.05 Å². The first-order valence-electron chi connectivity index (χ1n) is 10.1. The number of amides is 1. The second-order valence-corrected chi connectivity index (χ2v) is 7.70. The minimum absolute atomic E-state index is 0.0527. The van der Waals surface area contributed by atoms with Crippen LogP contribution in [0, 0.1) is 11.6 Å². The number of carbonyl (C=O) groups excluding carboxylic acids is 1. The van der Waals surface area contributed by atoms with Crippen LogP contribution in [0.2, 0.25) is 0 Å². The maximum absolute atomic E-state index is 13.5. The molecule has 0 spiro atoms. The van der Waals surface area contributed by atoms with Gasteiger partial charge in [0.1, 0.15) is 11.6 Å². The summed E-state index contributed by atoms with van der Waals surface area (Å²) >= 11 is 0. The third-order valence-corrected chi connectivity index (χ3v) is 5.58. The topological polar surface area (TPSA) is 77.1 Å². The van der Waals surface area contributed by atoms with Crippen molar-refractivity contribution < 1.29 is 18.1 Å². The molecule has 1 amide bonds. The highest BCUT2D eigenvalue weighted by atomic mass is 19.1. The Labute approximate surface area is 182 Å². The molecule has 1 aliphatic rings. The first-order chi connectivity index (χ1) is 15.5. The van der Waals surface area contributed by atoms with Crippen LogP contribution in [0.15, 0.2) is 53.1 Å².